The maximum atomic E-state index is 7.20. The molecule has 48 valence electrons. The highest BCUT2D eigenvalue weighted by molar-refractivity contribution is 9.10. The van der Waals surface area contributed by atoms with Crippen molar-refractivity contribution >= 4 is 39.1 Å². The molecule has 0 amide bonds. The van der Waals surface area contributed by atoms with Crippen molar-refractivity contribution in [2.45, 2.75) is 0 Å². The van der Waals surface area contributed by atoms with E-state index in [1.54, 1.807) is 6.07 Å². The van der Waals surface area contributed by atoms with Gasteiger partial charge in [-0.25, -0.2) is 0 Å². The Labute approximate surface area is 73.3 Å². The summed E-state index contributed by atoms with van der Waals surface area (Å²) in [5.74, 6) is 0. The minimum Gasteiger partial charge on any atom is -0.0827 e. The molecular formula is C6H3BrCl2. The molecule has 0 spiro atoms. The van der Waals surface area contributed by atoms with E-state index in [2.05, 4.69) is 15.9 Å². The fourth-order valence-electron chi connectivity index (χ4n) is 0.429. The first kappa shape index (κ1) is 6.02. The van der Waals surface area contributed by atoms with Crippen molar-refractivity contribution < 1.29 is 1.37 Å². The second-order valence-electron chi connectivity index (χ2n) is 1.47. The number of rotatable bonds is 0. The SMILES string of the molecule is [2H]c1cc(Cl)c(Cl)c(Br)c1. The first-order chi connectivity index (χ1) is 4.61. The fourth-order valence-corrected chi connectivity index (χ4v) is 1.16. The number of hydrogen-bond acceptors (Lipinski definition) is 0. The van der Waals surface area contributed by atoms with Gasteiger partial charge >= 0.3 is 0 Å². The van der Waals surface area contributed by atoms with Crippen molar-refractivity contribution in [1.29, 1.82) is 0 Å². The third-order valence-corrected chi connectivity index (χ3v) is 2.50. The zero-order valence-electron chi connectivity index (χ0n) is 5.29. The van der Waals surface area contributed by atoms with Gasteiger partial charge in [0.25, 0.3) is 0 Å². The van der Waals surface area contributed by atoms with Gasteiger partial charge in [0.15, 0.2) is 0 Å². The molecular weight excluding hydrogens is 223 g/mol. The Bertz CT molecular complexity index is 239. The molecule has 0 aliphatic heterocycles. The summed E-state index contributed by atoms with van der Waals surface area (Å²) in [6.07, 6.45) is 0. The second kappa shape index (κ2) is 2.91. The molecule has 9 heavy (non-hydrogen) atoms. The molecule has 0 aliphatic carbocycles. The summed E-state index contributed by atoms with van der Waals surface area (Å²) in [7, 11) is 0. The van der Waals surface area contributed by atoms with Gasteiger partial charge in [0.1, 0.15) is 0 Å². The van der Waals surface area contributed by atoms with E-state index in [4.69, 9.17) is 24.6 Å². The van der Waals surface area contributed by atoms with Gasteiger partial charge in [0.05, 0.1) is 11.4 Å². The average molecular weight is 227 g/mol. The van der Waals surface area contributed by atoms with Crippen LogP contribution in [0.5, 0.6) is 0 Å². The Morgan fingerprint density at radius 2 is 2.11 bits per heavy atom. The zero-order chi connectivity index (χ0) is 7.72. The lowest BCUT2D eigenvalue weighted by Crippen LogP contribution is -1.68. The van der Waals surface area contributed by atoms with Gasteiger partial charge in [-0.2, -0.15) is 0 Å². The van der Waals surface area contributed by atoms with E-state index in [1.165, 1.54) is 6.07 Å². The van der Waals surface area contributed by atoms with Crippen LogP contribution < -0.4 is 0 Å². The topological polar surface area (TPSA) is 0 Å². The molecule has 0 bridgehead atoms. The van der Waals surface area contributed by atoms with Crippen molar-refractivity contribution in [3.63, 3.8) is 0 Å². The maximum Gasteiger partial charge on any atom is 0.0734 e. The molecule has 1 aromatic rings. The van der Waals surface area contributed by atoms with Gasteiger partial charge in [0, 0.05) is 4.47 Å². The van der Waals surface area contributed by atoms with Gasteiger partial charge in [-0.05, 0) is 28.1 Å². The van der Waals surface area contributed by atoms with Gasteiger partial charge in [-0.15, -0.1) is 0 Å². The molecule has 0 aromatic heterocycles. The summed E-state index contributed by atoms with van der Waals surface area (Å²) in [4.78, 5) is 0. The molecule has 3 heteroatoms. The average Bonchev–Trinajstić information content (AvgIpc) is 1.82. The number of benzene rings is 1. The monoisotopic (exact) mass is 225 g/mol. The quantitative estimate of drug-likeness (QED) is 0.592. The predicted molar refractivity (Wildman–Crippen MR) is 44.2 cm³/mol. The maximum absolute atomic E-state index is 7.20. The zero-order valence-corrected chi connectivity index (χ0v) is 7.39. The lowest BCUT2D eigenvalue weighted by Gasteiger charge is -1.94. The Morgan fingerprint density at radius 1 is 1.44 bits per heavy atom. The summed E-state index contributed by atoms with van der Waals surface area (Å²) in [5.41, 5.74) is 0. The van der Waals surface area contributed by atoms with Crippen molar-refractivity contribution in [2.24, 2.45) is 0 Å². The predicted octanol–water partition coefficient (Wildman–Crippen LogP) is 3.76. The highest BCUT2D eigenvalue weighted by Gasteiger charge is 1.98. The molecule has 0 radical (unpaired) electrons. The third-order valence-electron chi connectivity index (χ3n) is 0.839. The molecule has 1 rings (SSSR count). The van der Waals surface area contributed by atoms with E-state index in [9.17, 15) is 0 Å². The molecule has 0 unspecified atom stereocenters. The van der Waals surface area contributed by atoms with Crippen molar-refractivity contribution in [1.82, 2.24) is 0 Å². The largest absolute Gasteiger partial charge is 0.0827 e. The molecule has 0 aliphatic rings. The van der Waals surface area contributed by atoms with Crippen LogP contribution in [0.4, 0.5) is 0 Å². The van der Waals surface area contributed by atoms with Gasteiger partial charge in [-0.1, -0.05) is 29.2 Å². The van der Waals surface area contributed by atoms with E-state index in [-0.39, 0.29) is 0 Å². The van der Waals surface area contributed by atoms with Gasteiger partial charge in [0.2, 0.25) is 0 Å². The summed E-state index contributed by atoms with van der Waals surface area (Å²) in [6, 6.07) is 3.43. The lowest BCUT2D eigenvalue weighted by molar-refractivity contribution is 1.65. The van der Waals surface area contributed by atoms with Crippen molar-refractivity contribution in [3.05, 3.63) is 32.7 Å². The normalized spacial score (nSPS) is 11.2. The van der Waals surface area contributed by atoms with Crippen LogP contribution in [0.1, 0.15) is 1.37 Å². The Kier molecular flexibility index (Phi) is 1.95. The van der Waals surface area contributed by atoms with Gasteiger partial charge in [-0.3, -0.25) is 0 Å². The van der Waals surface area contributed by atoms with E-state index in [1.807, 2.05) is 0 Å². The van der Waals surface area contributed by atoms with Crippen LogP contribution in [0, 0.1) is 0 Å². The van der Waals surface area contributed by atoms with E-state index in [0.717, 1.165) is 0 Å². The summed E-state index contributed by atoms with van der Waals surface area (Å²) in [6.45, 7) is 0. The smallest absolute Gasteiger partial charge is 0.0734 e. The third kappa shape index (κ3) is 1.60. The molecule has 0 atom stereocenters. The fraction of sp³-hybridized carbons (Fsp3) is 0. The van der Waals surface area contributed by atoms with Crippen LogP contribution in [-0.2, 0) is 0 Å². The van der Waals surface area contributed by atoms with Crippen LogP contribution in [0.15, 0.2) is 22.6 Å². The van der Waals surface area contributed by atoms with Crippen molar-refractivity contribution in [2.75, 3.05) is 0 Å². The Hall–Kier alpha value is 0.280. The second-order valence-corrected chi connectivity index (χ2v) is 3.10. The highest BCUT2D eigenvalue weighted by atomic mass is 79.9. The van der Waals surface area contributed by atoms with Crippen LogP contribution in [0.25, 0.3) is 0 Å². The molecule has 0 fully saturated rings. The van der Waals surface area contributed by atoms with E-state index in [0.29, 0.717) is 20.6 Å². The number of halogens is 3. The van der Waals surface area contributed by atoms with Gasteiger partial charge < -0.3 is 0 Å². The Balaban J connectivity index is 3.31. The van der Waals surface area contributed by atoms with E-state index >= 15 is 0 Å². The standard InChI is InChI=1S/C6H3BrCl2/c7-4-2-1-3-5(8)6(4)9/h1-3H/i1D. The minimum absolute atomic E-state index is 0.348. The minimum atomic E-state index is 0.348. The van der Waals surface area contributed by atoms with Crippen LogP contribution >= 0.6 is 39.1 Å². The van der Waals surface area contributed by atoms with Crippen LogP contribution in [0.2, 0.25) is 10.0 Å². The molecule has 0 nitrogen and oxygen atoms in total. The molecule has 1 aromatic carbocycles. The van der Waals surface area contributed by atoms with E-state index < -0.39 is 0 Å². The summed E-state index contributed by atoms with van der Waals surface area (Å²) >= 11 is 14.5. The molecule has 0 heterocycles. The lowest BCUT2D eigenvalue weighted by atomic mass is 10.4. The number of hydrogen-bond donors (Lipinski definition) is 0. The molecule has 0 N–H and O–H groups in total. The Morgan fingerprint density at radius 3 is 2.67 bits per heavy atom. The summed E-state index contributed by atoms with van der Waals surface area (Å²) < 4.78 is 7.86. The van der Waals surface area contributed by atoms with Crippen LogP contribution in [-0.4, -0.2) is 0 Å². The first-order valence-electron chi connectivity index (χ1n) is 2.72. The highest BCUT2D eigenvalue weighted by Crippen LogP contribution is 2.28. The molecule has 0 saturated carbocycles. The van der Waals surface area contributed by atoms with Crippen LogP contribution in [0.3, 0.4) is 0 Å². The first-order valence-corrected chi connectivity index (χ1v) is 3.77. The van der Waals surface area contributed by atoms with Crippen molar-refractivity contribution in [3.8, 4) is 0 Å². The summed E-state index contributed by atoms with van der Waals surface area (Å²) in [5, 5.41) is 0.860. The molecule has 0 saturated heterocycles.